The van der Waals surface area contributed by atoms with Gasteiger partial charge in [-0.2, -0.15) is 0 Å². The number of amides is 1. The van der Waals surface area contributed by atoms with E-state index in [0.717, 1.165) is 58.2 Å². The van der Waals surface area contributed by atoms with Gasteiger partial charge in [-0.25, -0.2) is 0 Å². The van der Waals surface area contributed by atoms with Gasteiger partial charge in [-0.3, -0.25) is 14.7 Å². The van der Waals surface area contributed by atoms with E-state index < -0.39 is 0 Å². The van der Waals surface area contributed by atoms with Crippen LogP contribution in [0.2, 0.25) is 0 Å². The van der Waals surface area contributed by atoms with Crippen molar-refractivity contribution >= 4 is 5.91 Å². The van der Waals surface area contributed by atoms with Crippen LogP contribution >= 0.6 is 0 Å². The van der Waals surface area contributed by atoms with Gasteiger partial charge in [0.05, 0.1) is 11.7 Å². The van der Waals surface area contributed by atoms with Crippen LogP contribution in [0.4, 0.5) is 0 Å². The van der Waals surface area contributed by atoms with Crippen LogP contribution in [0.5, 0.6) is 0 Å². The van der Waals surface area contributed by atoms with E-state index in [1.165, 1.54) is 11.1 Å². The van der Waals surface area contributed by atoms with Crippen molar-refractivity contribution in [3.63, 3.8) is 0 Å². The third-order valence-corrected chi connectivity index (χ3v) is 6.50. The Labute approximate surface area is 179 Å². The molecule has 0 radical (unpaired) electrons. The van der Waals surface area contributed by atoms with Gasteiger partial charge in [-0.15, -0.1) is 0 Å². The number of nitrogens with zero attached hydrogens (tertiary/aromatic N) is 2. The minimum Gasteiger partial charge on any atom is -0.370 e. The van der Waals surface area contributed by atoms with Crippen molar-refractivity contribution in [2.45, 2.75) is 63.2 Å². The third kappa shape index (κ3) is 5.89. The van der Waals surface area contributed by atoms with Crippen molar-refractivity contribution in [2.75, 3.05) is 19.6 Å². The Bertz CT molecular complexity index is 789. The molecule has 0 saturated carbocycles. The molecule has 2 aliphatic heterocycles. The molecule has 1 aromatic heterocycles. The average Bonchev–Trinajstić information content (AvgIpc) is 3.18. The SMILES string of the molecule is O=C(CCCc1ccccc1)NC[C@@H]1CCC2(CCN(Cc3ccncc3)CC2)O1. The quantitative estimate of drug-likeness (QED) is 0.724. The van der Waals surface area contributed by atoms with Crippen molar-refractivity contribution in [3.05, 3.63) is 66.0 Å². The third-order valence-electron chi connectivity index (χ3n) is 6.50. The fourth-order valence-corrected chi connectivity index (χ4v) is 4.69. The van der Waals surface area contributed by atoms with Gasteiger partial charge >= 0.3 is 0 Å². The summed E-state index contributed by atoms with van der Waals surface area (Å²) >= 11 is 0. The molecule has 0 unspecified atom stereocenters. The predicted octanol–water partition coefficient (Wildman–Crippen LogP) is 3.73. The summed E-state index contributed by atoms with van der Waals surface area (Å²) in [5.41, 5.74) is 2.64. The molecule has 1 amide bonds. The summed E-state index contributed by atoms with van der Waals surface area (Å²) in [4.78, 5) is 18.8. The highest BCUT2D eigenvalue weighted by Gasteiger charge is 2.42. The summed E-state index contributed by atoms with van der Waals surface area (Å²) in [6, 6.07) is 14.5. The molecule has 0 aliphatic carbocycles. The number of carbonyl (C=O) groups excluding carboxylic acids is 1. The van der Waals surface area contributed by atoms with Crippen LogP contribution in [0.25, 0.3) is 0 Å². The summed E-state index contributed by atoms with van der Waals surface area (Å²) in [5.74, 6) is 0.141. The first-order chi connectivity index (χ1) is 14.7. The number of ether oxygens (including phenoxy) is 1. The lowest BCUT2D eigenvalue weighted by molar-refractivity contribution is -0.122. The van der Waals surface area contributed by atoms with E-state index in [4.69, 9.17) is 4.74 Å². The van der Waals surface area contributed by atoms with Crippen LogP contribution < -0.4 is 5.32 Å². The molecule has 30 heavy (non-hydrogen) atoms. The number of likely N-dealkylation sites (tertiary alicyclic amines) is 1. The molecular weight excluding hydrogens is 374 g/mol. The summed E-state index contributed by atoms with van der Waals surface area (Å²) < 4.78 is 6.46. The van der Waals surface area contributed by atoms with E-state index in [2.05, 4.69) is 39.5 Å². The van der Waals surface area contributed by atoms with Crippen molar-refractivity contribution in [1.29, 1.82) is 0 Å². The van der Waals surface area contributed by atoms with Gasteiger partial charge in [-0.05, 0) is 61.8 Å². The fourth-order valence-electron chi connectivity index (χ4n) is 4.69. The lowest BCUT2D eigenvalue weighted by Gasteiger charge is -2.39. The molecule has 1 aromatic carbocycles. The first-order valence-electron chi connectivity index (χ1n) is 11.3. The number of hydrogen-bond donors (Lipinski definition) is 1. The van der Waals surface area contributed by atoms with Crippen LogP contribution in [-0.2, 0) is 22.5 Å². The van der Waals surface area contributed by atoms with Gasteiger partial charge in [0.25, 0.3) is 0 Å². The number of pyridine rings is 1. The van der Waals surface area contributed by atoms with E-state index >= 15 is 0 Å². The maximum absolute atomic E-state index is 12.2. The van der Waals surface area contributed by atoms with Crippen molar-refractivity contribution in [3.8, 4) is 0 Å². The monoisotopic (exact) mass is 407 g/mol. The zero-order valence-corrected chi connectivity index (χ0v) is 17.8. The molecule has 0 bridgehead atoms. The molecule has 1 N–H and O–H groups in total. The van der Waals surface area contributed by atoms with Crippen molar-refractivity contribution < 1.29 is 9.53 Å². The molecule has 2 fully saturated rings. The molecule has 4 rings (SSSR count). The van der Waals surface area contributed by atoms with Gasteiger partial charge in [0.2, 0.25) is 5.91 Å². The fraction of sp³-hybridized carbons (Fsp3) is 0.520. The molecule has 2 aliphatic rings. The van der Waals surface area contributed by atoms with Crippen LogP contribution in [0, 0.1) is 0 Å². The number of hydrogen-bond acceptors (Lipinski definition) is 4. The lowest BCUT2D eigenvalue weighted by Crippen LogP contribution is -2.44. The minimum atomic E-state index is 0.0252. The number of nitrogens with one attached hydrogen (secondary N) is 1. The Morgan fingerprint density at radius 1 is 1.07 bits per heavy atom. The first kappa shape index (κ1) is 21.0. The van der Waals surface area contributed by atoms with E-state index in [0.29, 0.717) is 13.0 Å². The van der Waals surface area contributed by atoms with Gasteiger partial charge in [0, 0.05) is 45.0 Å². The Hall–Kier alpha value is -2.24. The highest BCUT2D eigenvalue weighted by molar-refractivity contribution is 5.75. The summed E-state index contributed by atoms with van der Waals surface area (Å²) in [6.07, 6.45) is 10.6. The van der Waals surface area contributed by atoms with Crippen LogP contribution in [0.1, 0.15) is 49.7 Å². The highest BCUT2D eigenvalue weighted by Crippen LogP contribution is 2.39. The maximum atomic E-state index is 12.2. The minimum absolute atomic E-state index is 0.0252. The number of benzene rings is 1. The van der Waals surface area contributed by atoms with Gasteiger partial charge in [-0.1, -0.05) is 30.3 Å². The number of carbonyl (C=O) groups is 1. The van der Waals surface area contributed by atoms with Gasteiger partial charge in [0.1, 0.15) is 0 Å². The zero-order valence-electron chi connectivity index (χ0n) is 17.8. The van der Waals surface area contributed by atoms with Crippen LogP contribution in [0.15, 0.2) is 54.9 Å². The number of aromatic nitrogens is 1. The number of rotatable bonds is 8. The molecule has 2 saturated heterocycles. The molecule has 5 nitrogen and oxygen atoms in total. The molecule has 1 spiro atoms. The predicted molar refractivity (Wildman–Crippen MR) is 118 cm³/mol. The van der Waals surface area contributed by atoms with Crippen LogP contribution in [0.3, 0.4) is 0 Å². The van der Waals surface area contributed by atoms with Crippen molar-refractivity contribution in [1.82, 2.24) is 15.2 Å². The van der Waals surface area contributed by atoms with Crippen molar-refractivity contribution in [2.24, 2.45) is 0 Å². The normalized spacial score (nSPS) is 21.0. The lowest BCUT2D eigenvalue weighted by atomic mass is 9.88. The largest absolute Gasteiger partial charge is 0.370 e. The Balaban J connectivity index is 1.13. The van der Waals surface area contributed by atoms with E-state index in [-0.39, 0.29) is 17.6 Å². The summed E-state index contributed by atoms with van der Waals surface area (Å²) in [6.45, 7) is 3.77. The van der Waals surface area contributed by atoms with Gasteiger partial charge in [0.15, 0.2) is 0 Å². The molecule has 1 atom stereocenters. The summed E-state index contributed by atoms with van der Waals surface area (Å²) in [7, 11) is 0. The number of aryl methyl sites for hydroxylation is 1. The molecular formula is C25H33N3O2. The molecule has 2 aromatic rings. The summed E-state index contributed by atoms with van der Waals surface area (Å²) in [5, 5.41) is 3.09. The topological polar surface area (TPSA) is 54.5 Å². The number of piperidine rings is 1. The Morgan fingerprint density at radius 2 is 1.83 bits per heavy atom. The standard InChI is InChI=1S/C25H33N3O2/c29-24(8-4-7-21-5-2-1-3-6-21)27-19-23-9-12-25(30-23)13-17-28(18-14-25)20-22-10-15-26-16-11-22/h1-3,5-6,10-11,15-16,23H,4,7-9,12-14,17-20H2,(H,27,29)/t23-/m0/s1. The second kappa shape index (κ2) is 10.2. The second-order valence-corrected chi connectivity index (χ2v) is 8.74. The van der Waals surface area contributed by atoms with Gasteiger partial charge < -0.3 is 10.1 Å². The van der Waals surface area contributed by atoms with E-state index in [1.807, 2.05) is 30.6 Å². The zero-order chi connectivity index (χ0) is 20.7. The highest BCUT2D eigenvalue weighted by atomic mass is 16.5. The second-order valence-electron chi connectivity index (χ2n) is 8.74. The van der Waals surface area contributed by atoms with E-state index in [1.54, 1.807) is 0 Å². The van der Waals surface area contributed by atoms with Crippen LogP contribution in [-0.4, -0.2) is 47.1 Å². The Kier molecular flexibility index (Phi) is 7.13. The molecule has 3 heterocycles. The molecule has 160 valence electrons. The Morgan fingerprint density at radius 3 is 2.60 bits per heavy atom. The average molecular weight is 408 g/mol. The first-order valence-corrected chi connectivity index (χ1v) is 11.3. The van der Waals surface area contributed by atoms with E-state index in [9.17, 15) is 4.79 Å². The molecule has 5 heteroatoms. The smallest absolute Gasteiger partial charge is 0.220 e. The maximum Gasteiger partial charge on any atom is 0.220 e.